The minimum atomic E-state index is -0.519. The SMILES string of the molecule is CCCn1c(=O)c2sc(N3CCCC3)nc2n(CC(=O)Nc2cc(C)ccc2OC)c1=O. The molecule has 3 aromatic rings. The smallest absolute Gasteiger partial charge is 0.333 e. The molecule has 1 aliphatic heterocycles. The lowest BCUT2D eigenvalue weighted by Gasteiger charge is -2.13. The van der Waals surface area contributed by atoms with Crippen molar-refractivity contribution in [2.24, 2.45) is 0 Å². The fourth-order valence-electron chi connectivity index (χ4n) is 3.93. The summed E-state index contributed by atoms with van der Waals surface area (Å²) in [5, 5.41) is 3.54. The molecule has 0 saturated carbocycles. The molecule has 170 valence electrons. The van der Waals surface area contributed by atoms with Crippen molar-refractivity contribution in [3.8, 4) is 5.75 Å². The zero-order valence-electron chi connectivity index (χ0n) is 18.5. The van der Waals surface area contributed by atoms with Crippen LogP contribution >= 0.6 is 11.3 Å². The summed E-state index contributed by atoms with van der Waals surface area (Å²) in [4.78, 5) is 45.8. The zero-order valence-corrected chi connectivity index (χ0v) is 19.3. The number of hydrogen-bond acceptors (Lipinski definition) is 7. The average molecular weight is 458 g/mol. The van der Waals surface area contributed by atoms with Crippen LogP contribution in [0, 0.1) is 6.92 Å². The lowest BCUT2D eigenvalue weighted by molar-refractivity contribution is -0.116. The lowest BCUT2D eigenvalue weighted by Crippen LogP contribution is -2.41. The zero-order chi connectivity index (χ0) is 22.8. The number of ether oxygens (including phenoxy) is 1. The molecule has 1 amide bonds. The molecule has 0 atom stereocenters. The maximum Gasteiger partial charge on any atom is 0.333 e. The van der Waals surface area contributed by atoms with Gasteiger partial charge in [-0.3, -0.25) is 18.7 Å². The third-order valence-electron chi connectivity index (χ3n) is 5.51. The van der Waals surface area contributed by atoms with Crippen molar-refractivity contribution in [3.05, 3.63) is 44.6 Å². The molecule has 0 spiro atoms. The first kappa shape index (κ1) is 22.1. The van der Waals surface area contributed by atoms with Gasteiger partial charge in [-0.25, -0.2) is 9.78 Å². The summed E-state index contributed by atoms with van der Waals surface area (Å²) in [6.45, 7) is 5.61. The number of carbonyl (C=O) groups is 1. The van der Waals surface area contributed by atoms with Crippen LogP contribution in [0.3, 0.4) is 0 Å². The Balaban J connectivity index is 1.75. The van der Waals surface area contributed by atoms with Gasteiger partial charge in [0, 0.05) is 19.6 Å². The van der Waals surface area contributed by atoms with Gasteiger partial charge < -0.3 is 15.0 Å². The summed E-state index contributed by atoms with van der Waals surface area (Å²) in [6, 6.07) is 5.47. The Hall–Kier alpha value is -3.14. The lowest BCUT2D eigenvalue weighted by atomic mass is 10.2. The maximum absolute atomic E-state index is 13.2. The molecule has 3 heterocycles. The van der Waals surface area contributed by atoms with Crippen LogP contribution in [-0.4, -0.2) is 40.2 Å². The molecule has 1 saturated heterocycles. The van der Waals surface area contributed by atoms with Gasteiger partial charge in [0.2, 0.25) is 5.91 Å². The number of methoxy groups -OCH3 is 1. The highest BCUT2D eigenvalue weighted by atomic mass is 32.1. The van der Waals surface area contributed by atoms with Crippen molar-refractivity contribution in [3.63, 3.8) is 0 Å². The number of hydrogen-bond donors (Lipinski definition) is 1. The quantitative estimate of drug-likeness (QED) is 0.586. The van der Waals surface area contributed by atoms with Crippen molar-refractivity contribution < 1.29 is 9.53 Å². The highest BCUT2D eigenvalue weighted by Gasteiger charge is 2.23. The fraction of sp³-hybridized carbons (Fsp3) is 0.455. The molecule has 10 heteroatoms. The van der Waals surface area contributed by atoms with Crippen LogP contribution in [-0.2, 0) is 17.9 Å². The molecule has 2 aromatic heterocycles. The largest absolute Gasteiger partial charge is 0.495 e. The molecule has 1 fully saturated rings. The van der Waals surface area contributed by atoms with E-state index >= 15 is 0 Å². The minimum absolute atomic E-state index is 0.250. The number of nitrogens with zero attached hydrogens (tertiary/aromatic N) is 4. The first-order valence-corrected chi connectivity index (χ1v) is 11.6. The third kappa shape index (κ3) is 4.14. The standard InChI is InChI=1S/C22H27N5O4S/c1-4-9-26-20(29)18-19(24-21(32-18)25-10-5-6-11-25)27(22(26)30)13-17(28)23-15-12-14(2)7-8-16(15)31-3/h7-8,12H,4-6,9-11,13H2,1-3H3,(H,23,28). The molecule has 0 aliphatic carbocycles. The topological polar surface area (TPSA) is 98.5 Å². The highest BCUT2D eigenvalue weighted by molar-refractivity contribution is 7.22. The Morgan fingerprint density at radius 3 is 2.66 bits per heavy atom. The van der Waals surface area contributed by atoms with Crippen molar-refractivity contribution in [2.75, 3.05) is 30.4 Å². The monoisotopic (exact) mass is 457 g/mol. The van der Waals surface area contributed by atoms with E-state index in [0.29, 0.717) is 22.6 Å². The first-order chi connectivity index (χ1) is 15.4. The van der Waals surface area contributed by atoms with E-state index in [4.69, 9.17) is 4.74 Å². The molecule has 0 bridgehead atoms. The molecule has 1 N–H and O–H groups in total. The molecule has 32 heavy (non-hydrogen) atoms. The van der Waals surface area contributed by atoms with Gasteiger partial charge in [0.05, 0.1) is 12.8 Å². The van der Waals surface area contributed by atoms with E-state index in [1.807, 2.05) is 19.9 Å². The Kier molecular flexibility index (Phi) is 6.31. The summed E-state index contributed by atoms with van der Waals surface area (Å²) < 4.78 is 8.24. The Bertz CT molecular complexity index is 1270. The van der Waals surface area contributed by atoms with Gasteiger partial charge in [-0.05, 0) is 43.9 Å². The second kappa shape index (κ2) is 9.15. The van der Waals surface area contributed by atoms with E-state index in [1.54, 1.807) is 12.1 Å². The number of anilines is 2. The fourth-order valence-corrected chi connectivity index (χ4v) is 5.00. The van der Waals surface area contributed by atoms with Crippen LogP contribution in [0.2, 0.25) is 0 Å². The summed E-state index contributed by atoms with van der Waals surface area (Å²) in [7, 11) is 1.53. The third-order valence-corrected chi connectivity index (χ3v) is 6.60. The molecule has 4 rings (SSSR count). The first-order valence-electron chi connectivity index (χ1n) is 10.8. The summed E-state index contributed by atoms with van der Waals surface area (Å²) in [6.07, 6.45) is 2.78. The number of fused-ring (bicyclic) bond motifs is 1. The number of thiazole rings is 1. The number of rotatable bonds is 7. The second-order valence-electron chi connectivity index (χ2n) is 7.92. The predicted octanol–water partition coefficient (Wildman–Crippen LogP) is 2.59. The van der Waals surface area contributed by atoms with Gasteiger partial charge >= 0.3 is 5.69 Å². The van der Waals surface area contributed by atoms with Crippen LogP contribution in [0.15, 0.2) is 27.8 Å². The van der Waals surface area contributed by atoms with Crippen LogP contribution in [0.5, 0.6) is 5.75 Å². The molecule has 1 aromatic carbocycles. The summed E-state index contributed by atoms with van der Waals surface area (Å²) >= 11 is 1.29. The van der Waals surface area contributed by atoms with Crippen LogP contribution < -0.4 is 26.2 Å². The second-order valence-corrected chi connectivity index (χ2v) is 8.90. The van der Waals surface area contributed by atoms with Crippen molar-refractivity contribution in [2.45, 2.75) is 46.2 Å². The normalized spacial score (nSPS) is 13.7. The van der Waals surface area contributed by atoms with Gasteiger partial charge in [0.25, 0.3) is 5.56 Å². The average Bonchev–Trinajstić information content (AvgIpc) is 3.44. The van der Waals surface area contributed by atoms with E-state index in [9.17, 15) is 14.4 Å². The van der Waals surface area contributed by atoms with Crippen LogP contribution in [0.4, 0.5) is 10.8 Å². The number of carbonyl (C=O) groups excluding carboxylic acids is 1. The van der Waals surface area contributed by atoms with E-state index in [-0.39, 0.29) is 24.3 Å². The Morgan fingerprint density at radius 2 is 1.97 bits per heavy atom. The molecule has 0 unspecified atom stereocenters. The van der Waals surface area contributed by atoms with Crippen LogP contribution in [0.25, 0.3) is 10.3 Å². The van der Waals surface area contributed by atoms with E-state index in [0.717, 1.165) is 36.6 Å². The summed E-state index contributed by atoms with van der Waals surface area (Å²) in [5.74, 6) is 0.136. The van der Waals surface area contributed by atoms with Gasteiger partial charge in [0.15, 0.2) is 10.8 Å². The van der Waals surface area contributed by atoms with E-state index in [1.165, 1.54) is 27.6 Å². The van der Waals surface area contributed by atoms with Gasteiger partial charge in [0.1, 0.15) is 17.0 Å². The summed E-state index contributed by atoms with van der Waals surface area (Å²) in [5.41, 5.74) is 0.901. The van der Waals surface area contributed by atoms with Crippen molar-refractivity contribution in [1.29, 1.82) is 0 Å². The number of benzene rings is 1. The van der Waals surface area contributed by atoms with Gasteiger partial charge in [-0.2, -0.15) is 0 Å². The highest BCUT2D eigenvalue weighted by Crippen LogP contribution is 2.29. The Morgan fingerprint density at radius 1 is 1.22 bits per heavy atom. The van der Waals surface area contributed by atoms with Crippen molar-refractivity contribution in [1.82, 2.24) is 14.1 Å². The molecular weight excluding hydrogens is 430 g/mol. The van der Waals surface area contributed by atoms with Gasteiger partial charge in [-0.15, -0.1) is 0 Å². The maximum atomic E-state index is 13.2. The number of aromatic nitrogens is 3. The Labute approximate surface area is 189 Å². The number of amides is 1. The molecule has 9 nitrogen and oxygen atoms in total. The number of aryl methyl sites for hydroxylation is 1. The molecule has 1 aliphatic rings. The van der Waals surface area contributed by atoms with E-state index < -0.39 is 11.6 Å². The minimum Gasteiger partial charge on any atom is -0.495 e. The predicted molar refractivity (Wildman–Crippen MR) is 126 cm³/mol. The molecular formula is C22H27N5O4S. The van der Waals surface area contributed by atoms with Crippen LogP contribution in [0.1, 0.15) is 31.7 Å². The van der Waals surface area contributed by atoms with E-state index in [2.05, 4.69) is 15.2 Å². The molecule has 0 radical (unpaired) electrons. The van der Waals surface area contributed by atoms with Crippen molar-refractivity contribution >= 4 is 38.4 Å². The number of nitrogens with one attached hydrogen (secondary N) is 1. The van der Waals surface area contributed by atoms with Gasteiger partial charge in [-0.1, -0.05) is 24.3 Å².